The molecule has 1 rings (SSSR count). The Hall–Kier alpha value is -1.04. The summed E-state index contributed by atoms with van der Waals surface area (Å²) in [6, 6.07) is 0. The summed E-state index contributed by atoms with van der Waals surface area (Å²) in [4.78, 5) is 15.4. The van der Waals surface area contributed by atoms with Crippen LogP contribution in [0.3, 0.4) is 0 Å². The topological polar surface area (TPSA) is 51.2 Å². The minimum Gasteiger partial charge on any atom is -0.444 e. The lowest BCUT2D eigenvalue weighted by atomic mass is 10.1. The average molecular weight is 212 g/mol. The van der Waals surface area contributed by atoms with Gasteiger partial charge in [0.1, 0.15) is 5.60 Å². The Morgan fingerprint density at radius 1 is 1.64 bits per heavy atom. The molecule has 0 aliphatic rings. The van der Waals surface area contributed by atoms with Gasteiger partial charge in [-0.1, -0.05) is 0 Å². The first kappa shape index (κ1) is 11.0. The quantitative estimate of drug-likeness (QED) is 0.698. The van der Waals surface area contributed by atoms with Crippen LogP contribution in [0, 0.1) is 0 Å². The van der Waals surface area contributed by atoms with Gasteiger partial charge in [-0.2, -0.15) is 0 Å². The molecule has 0 aromatic carbocycles. The zero-order valence-corrected chi connectivity index (χ0v) is 9.57. The van der Waals surface area contributed by atoms with Crippen molar-refractivity contribution < 1.29 is 9.53 Å². The highest BCUT2D eigenvalue weighted by Gasteiger charge is 2.16. The molecule has 6 heteroatoms. The number of amides is 1. The number of rotatable bonds is 1. The molecule has 0 radical (unpaired) electrons. The molecule has 1 aromatic rings. The highest BCUT2D eigenvalue weighted by Crippen LogP contribution is 2.12. The maximum atomic E-state index is 11.3. The SMILES string of the molecule is Bc1csc(NC(=O)OC(C)(C)C)n1. The van der Waals surface area contributed by atoms with E-state index in [0.29, 0.717) is 5.13 Å². The molecule has 0 aliphatic carbocycles. The van der Waals surface area contributed by atoms with Gasteiger partial charge in [-0.25, -0.2) is 9.78 Å². The van der Waals surface area contributed by atoms with Gasteiger partial charge in [0.05, 0.1) is 0 Å². The van der Waals surface area contributed by atoms with E-state index in [1.54, 1.807) is 0 Å². The molecule has 0 atom stereocenters. The number of hydrogen-bond donors (Lipinski definition) is 1. The first-order valence-corrected chi connectivity index (χ1v) is 5.17. The number of nitrogens with one attached hydrogen (secondary N) is 1. The van der Waals surface area contributed by atoms with Gasteiger partial charge in [0.25, 0.3) is 0 Å². The van der Waals surface area contributed by atoms with Gasteiger partial charge < -0.3 is 4.74 Å². The summed E-state index contributed by atoms with van der Waals surface area (Å²) < 4.78 is 5.07. The van der Waals surface area contributed by atoms with Gasteiger partial charge in [0, 0.05) is 11.0 Å². The molecule has 0 aliphatic heterocycles. The predicted octanol–water partition coefficient (Wildman–Crippen LogP) is 0.748. The summed E-state index contributed by atoms with van der Waals surface area (Å²) in [5.74, 6) is 0. The first-order valence-electron chi connectivity index (χ1n) is 4.29. The van der Waals surface area contributed by atoms with Gasteiger partial charge >= 0.3 is 6.09 Å². The summed E-state index contributed by atoms with van der Waals surface area (Å²) >= 11 is 1.38. The summed E-state index contributed by atoms with van der Waals surface area (Å²) in [7, 11) is 1.87. The van der Waals surface area contributed by atoms with Crippen LogP contribution in [0.15, 0.2) is 5.38 Å². The van der Waals surface area contributed by atoms with Crippen molar-refractivity contribution in [2.24, 2.45) is 0 Å². The number of ether oxygens (including phenoxy) is 1. The summed E-state index contributed by atoms with van der Waals surface area (Å²) in [6.45, 7) is 5.46. The molecule has 14 heavy (non-hydrogen) atoms. The van der Waals surface area contributed by atoms with Gasteiger partial charge in [0.15, 0.2) is 13.0 Å². The fraction of sp³-hybridized carbons (Fsp3) is 0.500. The number of carbonyl (C=O) groups is 1. The summed E-state index contributed by atoms with van der Waals surface area (Å²) in [5, 5.41) is 5.00. The molecular weight excluding hydrogens is 199 g/mol. The second-order valence-corrected chi connectivity index (χ2v) is 4.78. The summed E-state index contributed by atoms with van der Waals surface area (Å²) in [5.41, 5.74) is 0.414. The molecule has 1 amide bonds. The molecule has 0 saturated carbocycles. The Morgan fingerprint density at radius 3 is 2.71 bits per heavy atom. The van der Waals surface area contributed by atoms with Crippen LogP contribution in [0.4, 0.5) is 9.93 Å². The smallest absolute Gasteiger partial charge is 0.413 e. The Labute approximate surface area is 88.1 Å². The lowest BCUT2D eigenvalue weighted by molar-refractivity contribution is 0.0636. The van der Waals surface area contributed by atoms with Crippen LogP contribution in [0.1, 0.15) is 20.8 Å². The molecule has 76 valence electrons. The van der Waals surface area contributed by atoms with E-state index in [-0.39, 0.29) is 0 Å². The highest BCUT2D eigenvalue weighted by molar-refractivity contribution is 7.14. The molecule has 1 aromatic heterocycles. The van der Waals surface area contributed by atoms with Crippen molar-refractivity contribution in [1.29, 1.82) is 0 Å². The Balaban J connectivity index is 2.50. The van der Waals surface area contributed by atoms with E-state index < -0.39 is 11.7 Å². The van der Waals surface area contributed by atoms with Crippen molar-refractivity contribution in [2.75, 3.05) is 5.32 Å². The maximum absolute atomic E-state index is 11.3. The van der Waals surface area contributed by atoms with Crippen molar-refractivity contribution >= 4 is 36.0 Å². The molecule has 0 spiro atoms. The zero-order chi connectivity index (χ0) is 10.8. The highest BCUT2D eigenvalue weighted by atomic mass is 32.1. The lowest BCUT2D eigenvalue weighted by Gasteiger charge is -2.18. The third kappa shape index (κ3) is 3.78. The monoisotopic (exact) mass is 212 g/mol. The molecule has 1 heterocycles. The van der Waals surface area contributed by atoms with Crippen LogP contribution >= 0.6 is 11.3 Å². The lowest BCUT2D eigenvalue weighted by Crippen LogP contribution is -2.27. The summed E-state index contributed by atoms with van der Waals surface area (Å²) in [6.07, 6.45) is -0.466. The largest absolute Gasteiger partial charge is 0.444 e. The van der Waals surface area contributed by atoms with Crippen molar-refractivity contribution in [3.63, 3.8) is 0 Å². The van der Waals surface area contributed by atoms with Gasteiger partial charge in [-0.05, 0) is 20.8 Å². The van der Waals surface area contributed by atoms with E-state index in [9.17, 15) is 4.79 Å². The maximum Gasteiger partial charge on any atom is 0.413 e. The average Bonchev–Trinajstić information content (AvgIpc) is 2.30. The molecule has 4 nitrogen and oxygen atoms in total. The standard InChI is InChI=1S/C8H13BN2O2S/c1-8(2,3)13-7(12)11-6-10-5(9)4-14-6/h4H,9H2,1-3H3,(H,10,11,12). The number of hydrogen-bond acceptors (Lipinski definition) is 4. The van der Waals surface area contributed by atoms with Crippen LogP contribution in [0.2, 0.25) is 0 Å². The third-order valence-electron chi connectivity index (χ3n) is 1.23. The Bertz CT molecular complexity index is 332. The van der Waals surface area contributed by atoms with E-state index in [0.717, 1.165) is 5.59 Å². The van der Waals surface area contributed by atoms with Crippen molar-refractivity contribution in [3.05, 3.63) is 5.38 Å². The van der Waals surface area contributed by atoms with E-state index in [1.807, 2.05) is 34.0 Å². The van der Waals surface area contributed by atoms with Crippen LogP contribution in [0.5, 0.6) is 0 Å². The van der Waals surface area contributed by atoms with Gasteiger partial charge in [0.2, 0.25) is 0 Å². The third-order valence-corrected chi connectivity index (χ3v) is 2.10. The van der Waals surface area contributed by atoms with E-state index in [1.165, 1.54) is 11.3 Å². The number of anilines is 1. The second kappa shape index (κ2) is 4.00. The normalized spacial score (nSPS) is 11.1. The fourth-order valence-electron chi connectivity index (χ4n) is 0.802. The Morgan fingerprint density at radius 2 is 2.29 bits per heavy atom. The van der Waals surface area contributed by atoms with Crippen molar-refractivity contribution in [1.82, 2.24) is 4.98 Å². The molecular formula is C8H13BN2O2S. The fourth-order valence-corrected chi connectivity index (χ4v) is 1.48. The molecule has 1 N–H and O–H groups in total. The van der Waals surface area contributed by atoms with E-state index in [2.05, 4.69) is 10.3 Å². The predicted molar refractivity (Wildman–Crippen MR) is 60.1 cm³/mol. The van der Waals surface area contributed by atoms with Crippen LogP contribution in [-0.2, 0) is 4.74 Å². The van der Waals surface area contributed by atoms with Crippen molar-refractivity contribution in [2.45, 2.75) is 26.4 Å². The van der Waals surface area contributed by atoms with Crippen molar-refractivity contribution in [3.8, 4) is 0 Å². The van der Waals surface area contributed by atoms with Crippen LogP contribution < -0.4 is 10.9 Å². The second-order valence-electron chi connectivity index (χ2n) is 3.92. The molecule has 0 fully saturated rings. The minimum absolute atomic E-state index is 0.466. The Kier molecular flexibility index (Phi) is 3.15. The molecule has 0 saturated heterocycles. The van der Waals surface area contributed by atoms with Gasteiger partial charge in [-0.3, -0.25) is 5.32 Å². The van der Waals surface area contributed by atoms with E-state index >= 15 is 0 Å². The number of nitrogens with zero attached hydrogens (tertiary/aromatic N) is 1. The number of aromatic nitrogens is 1. The van der Waals surface area contributed by atoms with Gasteiger partial charge in [-0.15, -0.1) is 11.3 Å². The molecule has 0 unspecified atom stereocenters. The minimum atomic E-state index is -0.476. The molecule has 0 bridgehead atoms. The zero-order valence-electron chi connectivity index (χ0n) is 8.75. The van der Waals surface area contributed by atoms with E-state index in [4.69, 9.17) is 4.74 Å². The number of carbonyl (C=O) groups excluding carboxylic acids is 1. The first-order chi connectivity index (χ1) is 6.37. The van der Waals surface area contributed by atoms with Crippen LogP contribution in [0.25, 0.3) is 0 Å². The number of thiazole rings is 1. The van der Waals surface area contributed by atoms with Crippen LogP contribution in [-0.4, -0.2) is 24.5 Å².